The average molecular weight is 467 g/mol. The van der Waals surface area contributed by atoms with E-state index in [1.807, 2.05) is 35.8 Å². The van der Waals surface area contributed by atoms with E-state index in [1.54, 1.807) is 23.4 Å². The maximum atomic E-state index is 13.0. The van der Waals surface area contributed by atoms with Crippen molar-refractivity contribution in [3.63, 3.8) is 0 Å². The summed E-state index contributed by atoms with van der Waals surface area (Å²) < 4.78 is 29.1. The van der Waals surface area contributed by atoms with Crippen LogP contribution in [0.5, 0.6) is 0 Å². The number of nitrogens with zero attached hydrogens (tertiary/aromatic N) is 4. The predicted molar refractivity (Wildman–Crippen MR) is 116 cm³/mol. The molecule has 1 aliphatic heterocycles. The van der Waals surface area contributed by atoms with Crippen LogP contribution < -0.4 is 0 Å². The SMILES string of the molecule is CC(C(=O)N1CCN(S(=O)(=O)c2cccc(Cl)c2Cl)CC1)n1cnc2ccccc21. The molecule has 1 aliphatic rings. The first kappa shape index (κ1) is 21.1. The van der Waals surface area contributed by atoms with Crippen molar-refractivity contribution in [1.82, 2.24) is 18.8 Å². The normalized spacial score (nSPS) is 16.7. The van der Waals surface area contributed by atoms with Gasteiger partial charge in [0, 0.05) is 26.2 Å². The van der Waals surface area contributed by atoms with Crippen LogP contribution >= 0.6 is 23.2 Å². The molecule has 158 valence electrons. The lowest BCUT2D eigenvalue weighted by atomic mass is 10.2. The van der Waals surface area contributed by atoms with Crippen LogP contribution in [-0.2, 0) is 14.8 Å². The summed E-state index contributed by atoms with van der Waals surface area (Å²) in [7, 11) is -3.79. The highest BCUT2D eigenvalue weighted by molar-refractivity contribution is 7.89. The van der Waals surface area contributed by atoms with Crippen LogP contribution in [0.4, 0.5) is 0 Å². The lowest BCUT2D eigenvalue weighted by molar-refractivity contribution is -0.135. The number of fused-ring (bicyclic) bond motifs is 1. The van der Waals surface area contributed by atoms with Gasteiger partial charge in [0.1, 0.15) is 10.9 Å². The van der Waals surface area contributed by atoms with Gasteiger partial charge in [-0.05, 0) is 31.2 Å². The van der Waals surface area contributed by atoms with Gasteiger partial charge in [0.2, 0.25) is 15.9 Å². The maximum Gasteiger partial charge on any atom is 0.245 e. The molecule has 0 aliphatic carbocycles. The number of hydrogen-bond donors (Lipinski definition) is 0. The second kappa shape index (κ2) is 8.19. The first-order chi connectivity index (χ1) is 14.3. The summed E-state index contributed by atoms with van der Waals surface area (Å²) in [6, 6.07) is 11.7. The Morgan fingerprint density at radius 1 is 1.03 bits per heavy atom. The third kappa shape index (κ3) is 3.69. The number of amides is 1. The van der Waals surface area contributed by atoms with Gasteiger partial charge in [-0.3, -0.25) is 4.79 Å². The van der Waals surface area contributed by atoms with E-state index in [0.29, 0.717) is 13.1 Å². The molecule has 0 saturated carbocycles. The molecule has 1 amide bonds. The van der Waals surface area contributed by atoms with Crippen molar-refractivity contribution in [1.29, 1.82) is 0 Å². The fourth-order valence-corrected chi connectivity index (χ4v) is 5.80. The van der Waals surface area contributed by atoms with Crippen LogP contribution in [0.3, 0.4) is 0 Å². The monoisotopic (exact) mass is 466 g/mol. The smallest absolute Gasteiger partial charge is 0.245 e. The quantitative estimate of drug-likeness (QED) is 0.589. The molecule has 1 aromatic heterocycles. The van der Waals surface area contributed by atoms with Crippen LogP contribution in [-0.4, -0.2) is 59.3 Å². The number of para-hydroxylation sites is 2. The summed E-state index contributed by atoms with van der Waals surface area (Å²) >= 11 is 12.1. The van der Waals surface area contributed by atoms with Crippen molar-refractivity contribution < 1.29 is 13.2 Å². The number of carbonyl (C=O) groups excluding carboxylic acids is 1. The minimum Gasteiger partial charge on any atom is -0.338 e. The van der Waals surface area contributed by atoms with Crippen LogP contribution in [0.15, 0.2) is 53.7 Å². The van der Waals surface area contributed by atoms with Crippen LogP contribution in [0, 0.1) is 0 Å². The van der Waals surface area contributed by atoms with Gasteiger partial charge in [0.15, 0.2) is 0 Å². The molecule has 0 spiro atoms. The highest BCUT2D eigenvalue weighted by Crippen LogP contribution is 2.31. The molecule has 0 N–H and O–H groups in total. The number of hydrogen-bond acceptors (Lipinski definition) is 4. The molecule has 0 bridgehead atoms. The molecule has 2 heterocycles. The van der Waals surface area contributed by atoms with Crippen LogP contribution in [0.2, 0.25) is 10.0 Å². The van der Waals surface area contributed by atoms with Gasteiger partial charge in [-0.25, -0.2) is 13.4 Å². The minimum absolute atomic E-state index is 0.0123. The molecular formula is C20H20Cl2N4O3S. The minimum atomic E-state index is -3.79. The Morgan fingerprint density at radius 3 is 2.47 bits per heavy atom. The van der Waals surface area contributed by atoms with Crippen molar-refractivity contribution in [3.8, 4) is 0 Å². The van der Waals surface area contributed by atoms with Gasteiger partial charge in [0.05, 0.1) is 27.4 Å². The van der Waals surface area contributed by atoms with E-state index in [1.165, 1.54) is 10.4 Å². The van der Waals surface area contributed by atoms with Gasteiger partial charge in [-0.2, -0.15) is 4.31 Å². The van der Waals surface area contributed by atoms with E-state index < -0.39 is 16.1 Å². The molecule has 0 radical (unpaired) electrons. The van der Waals surface area contributed by atoms with E-state index >= 15 is 0 Å². The molecule has 1 saturated heterocycles. The molecule has 3 aromatic rings. The zero-order valence-electron chi connectivity index (χ0n) is 16.2. The first-order valence-electron chi connectivity index (χ1n) is 9.45. The van der Waals surface area contributed by atoms with Gasteiger partial charge >= 0.3 is 0 Å². The van der Waals surface area contributed by atoms with Crippen molar-refractivity contribution in [3.05, 3.63) is 58.8 Å². The summed E-state index contributed by atoms with van der Waals surface area (Å²) in [5.41, 5.74) is 1.71. The number of halogens is 2. The van der Waals surface area contributed by atoms with Crippen LogP contribution in [0.1, 0.15) is 13.0 Å². The van der Waals surface area contributed by atoms with Crippen LogP contribution in [0.25, 0.3) is 11.0 Å². The first-order valence-corrected chi connectivity index (χ1v) is 11.6. The van der Waals surface area contributed by atoms with E-state index in [2.05, 4.69) is 4.98 Å². The number of piperazine rings is 1. The Labute approximate surface area is 184 Å². The Hall–Kier alpha value is -2.13. The van der Waals surface area contributed by atoms with Crippen molar-refractivity contribution in [2.45, 2.75) is 17.9 Å². The third-order valence-corrected chi connectivity index (χ3v) is 8.21. The summed E-state index contributed by atoms with van der Waals surface area (Å²) in [6.45, 7) is 2.80. The molecule has 7 nitrogen and oxygen atoms in total. The lowest BCUT2D eigenvalue weighted by Gasteiger charge is -2.35. The fourth-order valence-electron chi connectivity index (χ4n) is 3.64. The highest BCUT2D eigenvalue weighted by Gasteiger charge is 2.33. The van der Waals surface area contributed by atoms with Crippen molar-refractivity contribution in [2.75, 3.05) is 26.2 Å². The molecule has 4 rings (SSSR count). The Bertz CT molecular complexity index is 1200. The van der Waals surface area contributed by atoms with Gasteiger partial charge in [-0.1, -0.05) is 41.4 Å². The Balaban J connectivity index is 1.47. The highest BCUT2D eigenvalue weighted by atomic mass is 35.5. The van der Waals surface area contributed by atoms with E-state index in [-0.39, 0.29) is 33.9 Å². The second-order valence-electron chi connectivity index (χ2n) is 7.10. The summed E-state index contributed by atoms with van der Waals surface area (Å²) in [5.74, 6) is -0.0732. The standard InChI is InChI=1S/C20H20Cl2N4O3S/c1-14(26-13-23-16-6-2-3-7-17(16)26)20(27)24-9-11-25(12-10-24)30(28,29)18-8-4-5-15(21)19(18)22/h2-8,13-14H,9-12H2,1H3. The fraction of sp³-hybridized carbons (Fsp3) is 0.300. The summed E-state index contributed by atoms with van der Waals surface area (Å²) in [5, 5.41) is 0.200. The van der Waals surface area contributed by atoms with Gasteiger partial charge < -0.3 is 9.47 Å². The van der Waals surface area contributed by atoms with Crippen molar-refractivity contribution in [2.24, 2.45) is 0 Å². The largest absolute Gasteiger partial charge is 0.338 e. The summed E-state index contributed by atoms with van der Waals surface area (Å²) in [6.07, 6.45) is 1.66. The molecule has 1 atom stereocenters. The zero-order valence-corrected chi connectivity index (χ0v) is 18.5. The van der Waals surface area contributed by atoms with E-state index in [4.69, 9.17) is 23.2 Å². The average Bonchev–Trinajstić information content (AvgIpc) is 3.19. The molecule has 1 fully saturated rings. The molecular weight excluding hydrogens is 447 g/mol. The number of benzene rings is 2. The third-order valence-electron chi connectivity index (χ3n) is 5.34. The van der Waals surface area contributed by atoms with Gasteiger partial charge in [-0.15, -0.1) is 0 Å². The second-order valence-corrected chi connectivity index (χ2v) is 9.79. The molecule has 2 aromatic carbocycles. The predicted octanol–water partition coefficient (Wildman–Crippen LogP) is 3.44. The van der Waals surface area contributed by atoms with Gasteiger partial charge in [0.25, 0.3) is 0 Å². The molecule has 10 heteroatoms. The Kier molecular flexibility index (Phi) is 5.76. The zero-order chi connectivity index (χ0) is 21.5. The number of carbonyl (C=O) groups is 1. The summed E-state index contributed by atoms with van der Waals surface area (Å²) in [4.78, 5) is 19.0. The topological polar surface area (TPSA) is 75.5 Å². The molecule has 30 heavy (non-hydrogen) atoms. The number of rotatable bonds is 4. The van der Waals surface area contributed by atoms with E-state index in [0.717, 1.165) is 11.0 Å². The molecule has 1 unspecified atom stereocenters. The number of aromatic nitrogens is 2. The number of sulfonamides is 1. The maximum absolute atomic E-state index is 13.0. The van der Waals surface area contributed by atoms with E-state index in [9.17, 15) is 13.2 Å². The number of imidazole rings is 1. The van der Waals surface area contributed by atoms with Crippen molar-refractivity contribution >= 4 is 50.2 Å². The Morgan fingerprint density at radius 2 is 1.73 bits per heavy atom. The lowest BCUT2D eigenvalue weighted by Crippen LogP contribution is -2.51.